The van der Waals surface area contributed by atoms with E-state index in [0.717, 1.165) is 23.0 Å². The fourth-order valence-corrected chi connectivity index (χ4v) is 4.08. The number of benzene rings is 2. The van der Waals surface area contributed by atoms with Crippen molar-refractivity contribution in [3.63, 3.8) is 0 Å². The molecule has 0 saturated heterocycles. The number of nitrogens with one attached hydrogen (secondary N) is 1. The van der Waals surface area contributed by atoms with E-state index in [2.05, 4.69) is 10.3 Å². The summed E-state index contributed by atoms with van der Waals surface area (Å²) in [5.74, 6) is -1.48. The van der Waals surface area contributed by atoms with Crippen molar-refractivity contribution in [2.75, 3.05) is 26.2 Å². The van der Waals surface area contributed by atoms with Gasteiger partial charge in [0, 0.05) is 50.6 Å². The number of hydrogen-bond acceptors (Lipinski definition) is 7. The normalized spacial score (nSPS) is 12.7. The Morgan fingerprint density at radius 3 is 2.29 bits per heavy atom. The highest BCUT2D eigenvalue weighted by molar-refractivity contribution is 6.04. The van der Waals surface area contributed by atoms with E-state index in [1.165, 1.54) is 23.1 Å². The van der Waals surface area contributed by atoms with Gasteiger partial charge in [-0.3, -0.25) is 19.4 Å². The van der Waals surface area contributed by atoms with Crippen LogP contribution in [0, 0.1) is 0 Å². The lowest BCUT2D eigenvalue weighted by molar-refractivity contribution is -0.137. The molecular weight excluding hydrogens is 537 g/mol. The fourth-order valence-electron chi connectivity index (χ4n) is 4.08. The molecule has 0 aliphatic rings. The lowest BCUT2D eigenvalue weighted by Crippen LogP contribution is -2.43. The van der Waals surface area contributed by atoms with Gasteiger partial charge in [-0.25, -0.2) is 0 Å². The second kappa shape index (κ2) is 14.5. The van der Waals surface area contributed by atoms with Crippen LogP contribution >= 0.6 is 0 Å². The summed E-state index contributed by atoms with van der Waals surface area (Å²) in [5, 5.41) is 3.33. The van der Waals surface area contributed by atoms with E-state index in [0.29, 0.717) is 18.7 Å². The standard InChI is InChI=1S/C29H33F3N6O3/c30-29(31,32)22-7-5-19(6-8-22)16-25(26(39)17-20-15-21-3-1-2-4-24(21)36-18-20)37-28(41)23(35)9-10-27(40)38(13-11-33)14-12-34/h1-8,15-16,18,23H,9-14,17,33-35H2,(H,37,41)/b25-16+/t23-/m0/s1. The fraction of sp³-hybridized carbons (Fsp3) is 0.310. The van der Waals surface area contributed by atoms with Gasteiger partial charge < -0.3 is 27.4 Å². The first-order chi connectivity index (χ1) is 19.5. The Morgan fingerprint density at radius 1 is 1.00 bits per heavy atom. The highest BCUT2D eigenvalue weighted by Crippen LogP contribution is 2.29. The molecule has 0 saturated carbocycles. The molecule has 2 amide bonds. The van der Waals surface area contributed by atoms with E-state index >= 15 is 0 Å². The number of allylic oxidation sites excluding steroid dienone is 1. The molecule has 0 bridgehead atoms. The summed E-state index contributed by atoms with van der Waals surface area (Å²) in [5.41, 5.74) is 17.7. The molecule has 0 fully saturated rings. The third-order valence-electron chi connectivity index (χ3n) is 6.28. The zero-order valence-corrected chi connectivity index (χ0v) is 22.4. The molecule has 1 atom stereocenters. The van der Waals surface area contributed by atoms with Crippen LogP contribution in [0.1, 0.15) is 29.5 Å². The zero-order chi connectivity index (χ0) is 30.0. The number of ketones is 1. The molecule has 0 aliphatic carbocycles. The largest absolute Gasteiger partial charge is 0.416 e. The van der Waals surface area contributed by atoms with Crippen molar-refractivity contribution in [3.05, 3.63) is 83.2 Å². The van der Waals surface area contributed by atoms with E-state index in [-0.39, 0.29) is 49.5 Å². The van der Waals surface area contributed by atoms with Crippen LogP contribution in [0.15, 0.2) is 66.5 Å². The average Bonchev–Trinajstić information content (AvgIpc) is 2.94. The smallest absolute Gasteiger partial charge is 0.340 e. The van der Waals surface area contributed by atoms with E-state index in [4.69, 9.17) is 17.2 Å². The number of pyridine rings is 1. The molecule has 9 nitrogen and oxygen atoms in total. The Kier molecular flexibility index (Phi) is 11.1. The van der Waals surface area contributed by atoms with Gasteiger partial charge in [-0.15, -0.1) is 0 Å². The van der Waals surface area contributed by atoms with E-state index in [9.17, 15) is 27.6 Å². The van der Waals surface area contributed by atoms with E-state index < -0.39 is 29.5 Å². The summed E-state index contributed by atoms with van der Waals surface area (Å²) < 4.78 is 39.0. The van der Waals surface area contributed by atoms with Gasteiger partial charge in [0.2, 0.25) is 11.8 Å². The number of Topliss-reactive ketones (excluding diaryl/α,β-unsaturated/α-hetero) is 1. The minimum atomic E-state index is -4.52. The molecule has 3 rings (SSSR count). The Morgan fingerprint density at radius 2 is 1.66 bits per heavy atom. The minimum Gasteiger partial charge on any atom is -0.340 e. The number of halogens is 3. The van der Waals surface area contributed by atoms with Gasteiger partial charge in [0.25, 0.3) is 0 Å². The number of amides is 2. The van der Waals surface area contributed by atoms with Gasteiger partial charge in [0.15, 0.2) is 5.78 Å². The van der Waals surface area contributed by atoms with E-state index in [1.54, 1.807) is 12.3 Å². The number of hydrogen-bond donors (Lipinski definition) is 4. The maximum absolute atomic E-state index is 13.3. The van der Waals surface area contributed by atoms with Crippen LogP contribution in [-0.2, 0) is 27.0 Å². The van der Waals surface area contributed by atoms with Crippen molar-refractivity contribution < 1.29 is 27.6 Å². The van der Waals surface area contributed by atoms with Crippen molar-refractivity contribution in [3.8, 4) is 0 Å². The number of carbonyl (C=O) groups is 3. The summed E-state index contributed by atoms with van der Waals surface area (Å²) in [6, 6.07) is 12.2. The van der Waals surface area contributed by atoms with Crippen LogP contribution in [0.2, 0.25) is 0 Å². The Hall–Kier alpha value is -4.13. The SMILES string of the molecule is NCCN(CCN)C(=O)CC[C@H](N)C(=O)N/C(=C/c1ccc(C(F)(F)F)cc1)C(=O)Cc1cnc2ccccc2c1. The monoisotopic (exact) mass is 570 g/mol. The van der Waals surface area contributed by atoms with Crippen LogP contribution in [0.5, 0.6) is 0 Å². The van der Waals surface area contributed by atoms with Crippen LogP contribution < -0.4 is 22.5 Å². The van der Waals surface area contributed by atoms with Crippen molar-refractivity contribution >= 4 is 34.6 Å². The van der Waals surface area contributed by atoms with Crippen molar-refractivity contribution in [1.29, 1.82) is 0 Å². The molecule has 0 unspecified atom stereocenters. The number of para-hydroxylation sites is 1. The minimum absolute atomic E-state index is 0.00729. The van der Waals surface area contributed by atoms with Crippen LogP contribution in [-0.4, -0.2) is 59.7 Å². The quantitative estimate of drug-likeness (QED) is 0.230. The molecule has 0 spiro atoms. The Bertz CT molecular complexity index is 1390. The highest BCUT2D eigenvalue weighted by atomic mass is 19.4. The van der Waals surface area contributed by atoms with E-state index in [1.807, 2.05) is 24.3 Å². The molecule has 0 radical (unpaired) electrons. The molecule has 1 heterocycles. The highest BCUT2D eigenvalue weighted by Gasteiger charge is 2.30. The third kappa shape index (κ3) is 9.20. The Labute approximate surface area is 235 Å². The molecule has 12 heteroatoms. The first-order valence-electron chi connectivity index (χ1n) is 13.0. The molecule has 218 valence electrons. The van der Waals surface area contributed by atoms with Crippen molar-refractivity contribution in [1.82, 2.24) is 15.2 Å². The number of rotatable bonds is 13. The third-order valence-corrected chi connectivity index (χ3v) is 6.28. The molecule has 1 aromatic heterocycles. The summed E-state index contributed by atoms with van der Waals surface area (Å²) in [6.45, 7) is 1.14. The Balaban J connectivity index is 1.79. The second-order valence-electron chi connectivity index (χ2n) is 9.41. The van der Waals surface area contributed by atoms with Crippen molar-refractivity contribution in [2.45, 2.75) is 31.5 Å². The maximum atomic E-state index is 13.3. The summed E-state index contributed by atoms with van der Waals surface area (Å²) >= 11 is 0. The molecule has 0 aliphatic heterocycles. The van der Waals surface area contributed by atoms with Gasteiger partial charge in [0.1, 0.15) is 0 Å². The predicted octanol–water partition coefficient (Wildman–Crippen LogP) is 2.38. The van der Waals surface area contributed by atoms with Gasteiger partial charge in [0.05, 0.1) is 22.8 Å². The maximum Gasteiger partial charge on any atom is 0.416 e. The molecule has 7 N–H and O–H groups in total. The predicted molar refractivity (Wildman–Crippen MR) is 150 cm³/mol. The number of fused-ring (bicyclic) bond motifs is 1. The van der Waals surface area contributed by atoms with Crippen LogP contribution in [0.3, 0.4) is 0 Å². The zero-order valence-electron chi connectivity index (χ0n) is 22.4. The van der Waals surface area contributed by atoms with Gasteiger partial charge in [-0.2, -0.15) is 13.2 Å². The van der Waals surface area contributed by atoms with Crippen LogP contribution in [0.25, 0.3) is 17.0 Å². The number of alkyl halides is 3. The first kappa shape index (κ1) is 31.4. The first-order valence-corrected chi connectivity index (χ1v) is 13.0. The van der Waals surface area contributed by atoms with Gasteiger partial charge in [-0.1, -0.05) is 30.3 Å². The number of nitrogens with two attached hydrogens (primary N) is 3. The lowest BCUT2D eigenvalue weighted by Gasteiger charge is -2.22. The topological polar surface area (TPSA) is 157 Å². The van der Waals surface area contributed by atoms with Crippen LogP contribution in [0.4, 0.5) is 13.2 Å². The summed E-state index contributed by atoms with van der Waals surface area (Å²) in [7, 11) is 0. The average molecular weight is 571 g/mol. The van der Waals surface area contributed by atoms with Crippen molar-refractivity contribution in [2.24, 2.45) is 17.2 Å². The second-order valence-corrected chi connectivity index (χ2v) is 9.41. The number of nitrogens with zero attached hydrogens (tertiary/aromatic N) is 2. The summed E-state index contributed by atoms with van der Waals surface area (Å²) in [6.07, 6.45) is -1.87. The molecule has 2 aromatic carbocycles. The molecular formula is C29H33F3N6O3. The molecule has 3 aromatic rings. The van der Waals surface area contributed by atoms with Gasteiger partial charge >= 0.3 is 6.18 Å². The molecule has 41 heavy (non-hydrogen) atoms. The number of aromatic nitrogens is 1. The number of carbonyl (C=O) groups excluding carboxylic acids is 3. The summed E-state index contributed by atoms with van der Waals surface area (Å²) in [4.78, 5) is 44.6. The lowest BCUT2D eigenvalue weighted by atomic mass is 10.0. The van der Waals surface area contributed by atoms with Gasteiger partial charge in [-0.05, 0) is 47.9 Å².